The highest BCUT2D eigenvalue weighted by Crippen LogP contribution is 2.37. The number of fused-ring (bicyclic) bond motifs is 2. The van der Waals surface area contributed by atoms with Gasteiger partial charge in [-0.3, -0.25) is 9.29 Å². The van der Waals surface area contributed by atoms with Crippen molar-refractivity contribution >= 4 is 49.0 Å². The van der Waals surface area contributed by atoms with Gasteiger partial charge in [-0.2, -0.15) is 0 Å². The quantitative estimate of drug-likeness (QED) is 0.518. The van der Waals surface area contributed by atoms with E-state index in [1.165, 1.54) is 16.7 Å². The zero-order valence-electron chi connectivity index (χ0n) is 15.6. The van der Waals surface area contributed by atoms with Crippen molar-refractivity contribution in [3.05, 3.63) is 54.7 Å². The van der Waals surface area contributed by atoms with Crippen molar-refractivity contribution in [1.82, 2.24) is 15.0 Å². The van der Waals surface area contributed by atoms with Crippen LogP contribution in [0.3, 0.4) is 0 Å². The second kappa shape index (κ2) is 6.77. The molecule has 3 heterocycles. The van der Waals surface area contributed by atoms with Crippen molar-refractivity contribution in [2.24, 2.45) is 0 Å². The number of hydrogen-bond acceptors (Lipinski definition) is 7. The van der Waals surface area contributed by atoms with E-state index in [4.69, 9.17) is 0 Å². The third-order valence-corrected chi connectivity index (χ3v) is 6.93. The van der Waals surface area contributed by atoms with Crippen LogP contribution in [0.1, 0.15) is 6.42 Å². The van der Waals surface area contributed by atoms with Crippen LogP contribution in [0, 0.1) is 5.82 Å². The highest BCUT2D eigenvalue weighted by atomic mass is 32.2. The fourth-order valence-electron chi connectivity index (χ4n) is 3.66. The van der Waals surface area contributed by atoms with Gasteiger partial charge in [-0.25, -0.2) is 22.8 Å². The maximum Gasteiger partial charge on any atom is 0.235 e. The summed E-state index contributed by atoms with van der Waals surface area (Å²) in [5, 5.41) is 14.2. The molecule has 1 saturated heterocycles. The predicted octanol–water partition coefficient (Wildman–Crippen LogP) is 3.31. The van der Waals surface area contributed by atoms with E-state index in [0.29, 0.717) is 35.1 Å². The molecule has 1 fully saturated rings. The Kier molecular flexibility index (Phi) is 4.17. The maximum absolute atomic E-state index is 14.9. The molecule has 30 heavy (non-hydrogen) atoms. The Labute approximate surface area is 171 Å². The molecule has 0 amide bonds. The lowest BCUT2D eigenvalue weighted by Crippen LogP contribution is -2.25. The van der Waals surface area contributed by atoms with Gasteiger partial charge in [0, 0.05) is 24.2 Å². The van der Waals surface area contributed by atoms with Gasteiger partial charge in [0.15, 0.2) is 5.82 Å². The van der Waals surface area contributed by atoms with Gasteiger partial charge in [-0.05, 0) is 36.8 Å². The van der Waals surface area contributed by atoms with Gasteiger partial charge in [0.05, 0.1) is 33.5 Å². The molecule has 0 spiro atoms. The first kappa shape index (κ1) is 18.5. The third-order valence-electron chi connectivity index (χ3n) is 5.06. The molecule has 2 aromatic carbocycles. The molecule has 0 unspecified atom stereocenters. The van der Waals surface area contributed by atoms with Gasteiger partial charge in [-0.1, -0.05) is 0 Å². The van der Waals surface area contributed by atoms with Crippen LogP contribution in [0.2, 0.25) is 0 Å². The number of aromatic hydroxyl groups is 1. The smallest absolute Gasteiger partial charge is 0.235 e. The van der Waals surface area contributed by atoms with E-state index in [1.807, 2.05) is 0 Å². The second-order valence-electron chi connectivity index (χ2n) is 6.95. The van der Waals surface area contributed by atoms with E-state index in [0.717, 1.165) is 0 Å². The molecule has 152 valence electrons. The number of benzene rings is 2. The average molecular weight is 425 g/mol. The van der Waals surface area contributed by atoms with E-state index in [1.54, 1.807) is 36.5 Å². The highest BCUT2D eigenvalue weighted by molar-refractivity contribution is 7.93. The van der Waals surface area contributed by atoms with Gasteiger partial charge in [0.2, 0.25) is 10.0 Å². The number of phenols is 1. The molecular weight excluding hydrogens is 409 g/mol. The molecule has 0 saturated carbocycles. The van der Waals surface area contributed by atoms with Gasteiger partial charge in [0.1, 0.15) is 17.9 Å². The van der Waals surface area contributed by atoms with Crippen LogP contribution in [0.25, 0.3) is 21.8 Å². The summed E-state index contributed by atoms with van der Waals surface area (Å²) in [4.78, 5) is 12.4. The standard InChI is InChI=1S/C20H16FN5O3S/c21-19-13-3-1-6-22-14(13)4-5-15(19)25-20-18-16(23-11-24-20)9-12(10-17(18)27)26-7-2-8-30(26,28)29/h1,3-6,9-11,27H,2,7-8H2,(H,23,24,25). The fraction of sp³-hybridized carbons (Fsp3) is 0.150. The molecular formula is C20H16FN5O3S. The Morgan fingerprint density at radius 1 is 1.10 bits per heavy atom. The number of pyridine rings is 1. The summed E-state index contributed by atoms with van der Waals surface area (Å²) in [5.74, 6) is -0.420. The molecule has 2 N–H and O–H groups in total. The van der Waals surface area contributed by atoms with Gasteiger partial charge in [-0.15, -0.1) is 0 Å². The predicted molar refractivity (Wildman–Crippen MR) is 112 cm³/mol. The molecule has 10 heteroatoms. The Morgan fingerprint density at radius 2 is 1.97 bits per heavy atom. The maximum atomic E-state index is 14.9. The lowest BCUT2D eigenvalue weighted by atomic mass is 10.1. The SMILES string of the molecule is O=S1(=O)CCCN1c1cc(O)c2c(Nc3ccc4ncccc4c3F)ncnc2c1. The first-order chi connectivity index (χ1) is 14.4. The minimum atomic E-state index is -3.40. The topological polar surface area (TPSA) is 108 Å². The number of sulfonamides is 1. The van der Waals surface area contributed by atoms with Gasteiger partial charge >= 0.3 is 0 Å². The Bertz CT molecular complexity index is 1410. The minimum absolute atomic E-state index is 0.0679. The van der Waals surface area contributed by atoms with Crippen LogP contribution in [-0.2, 0) is 10.0 Å². The van der Waals surface area contributed by atoms with Crippen molar-refractivity contribution in [1.29, 1.82) is 0 Å². The normalized spacial score (nSPS) is 15.7. The molecule has 2 aromatic heterocycles. The van der Waals surface area contributed by atoms with Crippen molar-refractivity contribution in [3.63, 3.8) is 0 Å². The molecule has 1 aliphatic heterocycles. The summed E-state index contributed by atoms with van der Waals surface area (Å²) in [5.41, 5.74) is 1.37. The largest absolute Gasteiger partial charge is 0.507 e. The zero-order chi connectivity index (χ0) is 20.9. The van der Waals surface area contributed by atoms with E-state index < -0.39 is 15.8 Å². The number of halogens is 1. The van der Waals surface area contributed by atoms with E-state index in [-0.39, 0.29) is 28.4 Å². The molecule has 1 aliphatic rings. The molecule has 8 nitrogen and oxygen atoms in total. The van der Waals surface area contributed by atoms with Crippen LogP contribution in [-0.4, -0.2) is 40.8 Å². The van der Waals surface area contributed by atoms with Crippen LogP contribution < -0.4 is 9.62 Å². The number of hydrogen-bond donors (Lipinski definition) is 2. The van der Waals surface area contributed by atoms with Crippen molar-refractivity contribution in [2.75, 3.05) is 21.9 Å². The number of rotatable bonds is 3. The fourth-order valence-corrected chi connectivity index (χ4v) is 5.21. The van der Waals surface area contributed by atoms with Crippen molar-refractivity contribution in [2.45, 2.75) is 6.42 Å². The first-order valence-corrected chi connectivity index (χ1v) is 10.8. The summed E-state index contributed by atoms with van der Waals surface area (Å²) < 4.78 is 40.6. The number of phenolic OH excluding ortho intramolecular Hbond substituents is 1. The van der Waals surface area contributed by atoms with Crippen molar-refractivity contribution < 1.29 is 17.9 Å². The highest BCUT2D eigenvalue weighted by Gasteiger charge is 2.29. The van der Waals surface area contributed by atoms with Crippen LogP contribution >= 0.6 is 0 Å². The Hall–Kier alpha value is -3.53. The van der Waals surface area contributed by atoms with E-state index in [9.17, 15) is 17.9 Å². The number of aromatic nitrogens is 3. The summed E-state index contributed by atoms with van der Waals surface area (Å²) in [7, 11) is -3.40. The van der Waals surface area contributed by atoms with E-state index in [2.05, 4.69) is 20.3 Å². The average Bonchev–Trinajstić information content (AvgIpc) is 3.09. The van der Waals surface area contributed by atoms with Gasteiger partial charge < -0.3 is 10.4 Å². The second-order valence-corrected chi connectivity index (χ2v) is 8.96. The van der Waals surface area contributed by atoms with E-state index >= 15 is 0 Å². The van der Waals surface area contributed by atoms with Crippen LogP contribution in [0.5, 0.6) is 5.75 Å². The first-order valence-electron chi connectivity index (χ1n) is 9.22. The molecule has 0 atom stereocenters. The third kappa shape index (κ3) is 2.96. The number of anilines is 3. The summed E-state index contributed by atoms with van der Waals surface area (Å²) >= 11 is 0. The number of nitrogens with zero attached hydrogens (tertiary/aromatic N) is 4. The summed E-state index contributed by atoms with van der Waals surface area (Å²) in [6.45, 7) is 0.347. The molecule has 0 bridgehead atoms. The Morgan fingerprint density at radius 3 is 2.77 bits per heavy atom. The monoisotopic (exact) mass is 425 g/mol. The lowest BCUT2D eigenvalue weighted by Gasteiger charge is -2.18. The number of nitrogens with one attached hydrogen (secondary N) is 1. The minimum Gasteiger partial charge on any atom is -0.507 e. The molecule has 5 rings (SSSR count). The Balaban J connectivity index is 1.60. The zero-order valence-corrected chi connectivity index (χ0v) is 16.4. The lowest BCUT2D eigenvalue weighted by molar-refractivity contribution is 0.481. The van der Waals surface area contributed by atoms with Crippen LogP contribution in [0.4, 0.5) is 21.6 Å². The van der Waals surface area contributed by atoms with Gasteiger partial charge in [0.25, 0.3) is 0 Å². The summed E-state index contributed by atoms with van der Waals surface area (Å²) in [6.07, 6.45) is 3.38. The summed E-state index contributed by atoms with van der Waals surface area (Å²) in [6, 6.07) is 9.43. The molecule has 0 aliphatic carbocycles. The molecule has 4 aromatic rings. The molecule has 0 radical (unpaired) electrons. The van der Waals surface area contributed by atoms with Crippen LogP contribution in [0.15, 0.2) is 48.9 Å². The van der Waals surface area contributed by atoms with Crippen molar-refractivity contribution in [3.8, 4) is 5.75 Å².